The Morgan fingerprint density at radius 3 is 2.64 bits per heavy atom. The summed E-state index contributed by atoms with van der Waals surface area (Å²) in [6.07, 6.45) is -0.590. The van der Waals surface area contributed by atoms with Gasteiger partial charge in [-0.1, -0.05) is 6.07 Å². The highest BCUT2D eigenvalue weighted by Gasteiger charge is 2.27. The SMILES string of the molecule is C[C@H]1CN(C(=O)CNC(=O)OC(C)(C)C)CCN1c1cccc(O)c1. The Hall–Kier alpha value is -2.44. The predicted molar refractivity (Wildman–Crippen MR) is 95.7 cm³/mol. The molecule has 0 spiro atoms. The van der Waals surface area contributed by atoms with Gasteiger partial charge in [-0.2, -0.15) is 0 Å². The third-order valence-corrected chi connectivity index (χ3v) is 3.92. The number of hydrogen-bond acceptors (Lipinski definition) is 5. The Morgan fingerprint density at radius 2 is 2.04 bits per heavy atom. The van der Waals surface area contributed by atoms with Crippen molar-refractivity contribution < 1.29 is 19.4 Å². The van der Waals surface area contributed by atoms with Crippen molar-refractivity contribution in [1.82, 2.24) is 10.2 Å². The number of nitrogens with zero attached hydrogens (tertiary/aromatic N) is 2. The second kappa shape index (κ2) is 7.63. The van der Waals surface area contributed by atoms with Crippen LogP contribution in [0, 0.1) is 0 Å². The van der Waals surface area contributed by atoms with Crippen LogP contribution in [0.1, 0.15) is 27.7 Å². The van der Waals surface area contributed by atoms with Crippen LogP contribution in [0.4, 0.5) is 10.5 Å². The summed E-state index contributed by atoms with van der Waals surface area (Å²) in [5.41, 5.74) is 0.348. The number of hydrogen-bond donors (Lipinski definition) is 2. The van der Waals surface area contributed by atoms with Crippen molar-refractivity contribution in [3.8, 4) is 5.75 Å². The fraction of sp³-hybridized carbons (Fsp3) is 0.556. The lowest BCUT2D eigenvalue weighted by Gasteiger charge is -2.41. The molecule has 0 aliphatic carbocycles. The van der Waals surface area contributed by atoms with Crippen LogP contribution in [0.25, 0.3) is 0 Å². The summed E-state index contributed by atoms with van der Waals surface area (Å²) in [5.74, 6) is 0.0954. The molecule has 0 aromatic heterocycles. The average Bonchev–Trinajstić information content (AvgIpc) is 2.50. The van der Waals surface area contributed by atoms with Gasteiger partial charge in [0.2, 0.25) is 5.91 Å². The van der Waals surface area contributed by atoms with Gasteiger partial charge in [-0.05, 0) is 39.8 Å². The molecule has 2 rings (SSSR count). The van der Waals surface area contributed by atoms with Crippen LogP contribution >= 0.6 is 0 Å². The maximum atomic E-state index is 12.3. The second-order valence-corrected chi connectivity index (χ2v) is 7.26. The molecule has 1 saturated heterocycles. The lowest BCUT2D eigenvalue weighted by molar-refractivity contribution is -0.131. The van der Waals surface area contributed by atoms with Gasteiger partial charge in [-0.15, -0.1) is 0 Å². The van der Waals surface area contributed by atoms with E-state index in [2.05, 4.69) is 10.2 Å². The van der Waals surface area contributed by atoms with Gasteiger partial charge in [0, 0.05) is 37.4 Å². The molecule has 1 aromatic carbocycles. The molecule has 2 amide bonds. The van der Waals surface area contributed by atoms with Gasteiger partial charge in [-0.3, -0.25) is 4.79 Å². The Labute approximate surface area is 148 Å². The van der Waals surface area contributed by atoms with Crippen LogP contribution in [-0.2, 0) is 9.53 Å². The monoisotopic (exact) mass is 349 g/mol. The van der Waals surface area contributed by atoms with Crippen LogP contribution < -0.4 is 10.2 Å². The number of rotatable bonds is 3. The third kappa shape index (κ3) is 5.55. The molecule has 1 aliphatic heterocycles. The number of nitrogens with one attached hydrogen (secondary N) is 1. The van der Waals surface area contributed by atoms with Crippen molar-refractivity contribution in [2.75, 3.05) is 31.1 Å². The number of aromatic hydroxyl groups is 1. The number of phenols is 1. The lowest BCUT2D eigenvalue weighted by Crippen LogP contribution is -2.55. The molecule has 0 saturated carbocycles. The van der Waals surface area contributed by atoms with Gasteiger partial charge < -0.3 is 25.0 Å². The van der Waals surface area contributed by atoms with Crippen molar-refractivity contribution in [1.29, 1.82) is 0 Å². The fourth-order valence-electron chi connectivity index (χ4n) is 2.81. The lowest BCUT2D eigenvalue weighted by atomic mass is 10.1. The van der Waals surface area contributed by atoms with E-state index in [0.29, 0.717) is 19.6 Å². The topological polar surface area (TPSA) is 82.1 Å². The molecular formula is C18H27N3O4. The summed E-state index contributed by atoms with van der Waals surface area (Å²) < 4.78 is 5.13. The van der Waals surface area contributed by atoms with Crippen molar-refractivity contribution >= 4 is 17.7 Å². The zero-order valence-electron chi connectivity index (χ0n) is 15.3. The normalized spacial score (nSPS) is 18.0. The summed E-state index contributed by atoms with van der Waals surface area (Å²) in [5, 5.41) is 12.1. The highest BCUT2D eigenvalue weighted by molar-refractivity contribution is 5.82. The van der Waals surface area contributed by atoms with E-state index in [1.54, 1.807) is 43.9 Å². The van der Waals surface area contributed by atoms with Gasteiger partial charge in [0.1, 0.15) is 17.9 Å². The first-order chi connectivity index (χ1) is 11.7. The molecule has 1 aromatic rings. The Morgan fingerprint density at radius 1 is 1.32 bits per heavy atom. The van der Waals surface area contributed by atoms with Crippen LogP contribution in [0.5, 0.6) is 5.75 Å². The maximum absolute atomic E-state index is 12.3. The summed E-state index contributed by atoms with van der Waals surface area (Å²) >= 11 is 0. The summed E-state index contributed by atoms with van der Waals surface area (Å²) in [6, 6.07) is 7.21. The highest BCUT2D eigenvalue weighted by Crippen LogP contribution is 2.24. The van der Waals surface area contributed by atoms with Crippen molar-refractivity contribution in [2.24, 2.45) is 0 Å². The number of alkyl carbamates (subject to hydrolysis) is 1. The molecule has 2 N–H and O–H groups in total. The molecule has 7 heteroatoms. The number of carbonyl (C=O) groups is 2. The quantitative estimate of drug-likeness (QED) is 0.872. The van der Waals surface area contributed by atoms with Gasteiger partial charge in [0.15, 0.2) is 0 Å². The third-order valence-electron chi connectivity index (χ3n) is 3.92. The van der Waals surface area contributed by atoms with Gasteiger partial charge in [-0.25, -0.2) is 4.79 Å². The first kappa shape index (κ1) is 18.9. The molecular weight excluding hydrogens is 322 g/mol. The van der Waals surface area contributed by atoms with E-state index in [4.69, 9.17) is 4.74 Å². The van der Waals surface area contributed by atoms with Crippen LogP contribution in [-0.4, -0.2) is 59.8 Å². The van der Waals surface area contributed by atoms with Crippen LogP contribution in [0.15, 0.2) is 24.3 Å². The Balaban J connectivity index is 1.85. The number of benzene rings is 1. The molecule has 1 heterocycles. The van der Waals surface area contributed by atoms with E-state index in [1.165, 1.54) is 0 Å². The molecule has 25 heavy (non-hydrogen) atoms. The Bertz CT molecular complexity index is 627. The Kier molecular flexibility index (Phi) is 5.77. The molecule has 138 valence electrons. The van der Waals surface area contributed by atoms with E-state index < -0.39 is 11.7 Å². The largest absolute Gasteiger partial charge is 0.508 e. The van der Waals surface area contributed by atoms with Gasteiger partial charge in [0.05, 0.1) is 0 Å². The summed E-state index contributed by atoms with van der Waals surface area (Å²) in [4.78, 5) is 27.8. The molecule has 0 radical (unpaired) electrons. The van der Waals surface area contributed by atoms with Crippen molar-refractivity contribution in [3.05, 3.63) is 24.3 Å². The first-order valence-electron chi connectivity index (χ1n) is 8.46. The first-order valence-corrected chi connectivity index (χ1v) is 8.46. The maximum Gasteiger partial charge on any atom is 0.408 e. The number of phenolic OH excluding ortho intramolecular Hbond substituents is 1. The molecule has 0 unspecified atom stereocenters. The van der Waals surface area contributed by atoms with E-state index >= 15 is 0 Å². The number of anilines is 1. The number of ether oxygens (including phenoxy) is 1. The van der Waals surface area contributed by atoms with Crippen LogP contribution in [0.2, 0.25) is 0 Å². The molecule has 1 fully saturated rings. The molecule has 1 atom stereocenters. The number of piperazine rings is 1. The van der Waals surface area contributed by atoms with Crippen molar-refractivity contribution in [3.63, 3.8) is 0 Å². The van der Waals surface area contributed by atoms with E-state index in [9.17, 15) is 14.7 Å². The molecule has 7 nitrogen and oxygen atoms in total. The molecule has 0 bridgehead atoms. The minimum Gasteiger partial charge on any atom is -0.508 e. The van der Waals surface area contributed by atoms with Gasteiger partial charge in [0.25, 0.3) is 0 Å². The van der Waals surface area contributed by atoms with Gasteiger partial charge >= 0.3 is 6.09 Å². The average molecular weight is 349 g/mol. The van der Waals surface area contributed by atoms with Crippen molar-refractivity contribution in [2.45, 2.75) is 39.3 Å². The minimum atomic E-state index is -0.590. The fourth-order valence-corrected chi connectivity index (χ4v) is 2.81. The van der Waals surface area contributed by atoms with E-state index in [-0.39, 0.29) is 24.2 Å². The summed E-state index contributed by atoms with van der Waals surface area (Å²) in [7, 11) is 0. The van der Waals surface area contributed by atoms with Crippen LogP contribution in [0.3, 0.4) is 0 Å². The number of amides is 2. The van der Waals surface area contributed by atoms with E-state index in [1.807, 2.05) is 13.0 Å². The smallest absolute Gasteiger partial charge is 0.408 e. The highest BCUT2D eigenvalue weighted by atomic mass is 16.6. The zero-order valence-corrected chi connectivity index (χ0v) is 15.3. The van der Waals surface area contributed by atoms with E-state index in [0.717, 1.165) is 5.69 Å². The number of carbonyl (C=O) groups excluding carboxylic acids is 2. The summed E-state index contributed by atoms with van der Waals surface area (Å²) in [6.45, 7) is 9.07. The minimum absolute atomic E-state index is 0.0756. The second-order valence-electron chi connectivity index (χ2n) is 7.26. The predicted octanol–water partition coefficient (Wildman–Crippen LogP) is 1.95. The standard InChI is InChI=1S/C18H27N3O4/c1-13-12-20(16(23)11-19-17(24)25-18(2,3)4)8-9-21(13)14-6-5-7-15(22)10-14/h5-7,10,13,22H,8-9,11-12H2,1-4H3,(H,19,24)/t13-/m0/s1. The zero-order chi connectivity index (χ0) is 18.6. The molecule has 1 aliphatic rings.